The number of hydrogen-bond acceptors (Lipinski definition) is 3. The van der Waals surface area contributed by atoms with E-state index in [1.54, 1.807) is 0 Å². The fourth-order valence-corrected chi connectivity index (χ4v) is 2.22. The third-order valence-corrected chi connectivity index (χ3v) is 3.56. The van der Waals surface area contributed by atoms with Crippen molar-refractivity contribution < 1.29 is 0 Å². The zero-order valence-electron chi connectivity index (χ0n) is 11.7. The first-order valence-corrected chi connectivity index (χ1v) is 8.27. The van der Waals surface area contributed by atoms with Crippen molar-refractivity contribution in [3.8, 4) is 0 Å². The Labute approximate surface area is 116 Å². The fourth-order valence-electron chi connectivity index (χ4n) is 1.87. The Morgan fingerprint density at radius 1 is 1.11 bits per heavy atom. The first-order valence-electron chi connectivity index (χ1n) is 6.88. The molecule has 102 valence electrons. The second kappa shape index (κ2) is 10.3. The van der Waals surface area contributed by atoms with Gasteiger partial charge in [-0.15, -0.1) is 0 Å². The van der Waals surface area contributed by atoms with Crippen LogP contribution in [-0.4, -0.2) is 38.2 Å². The van der Waals surface area contributed by atoms with Crippen molar-refractivity contribution in [1.29, 1.82) is 0 Å². The zero-order chi connectivity index (χ0) is 13.1. The second-order valence-electron chi connectivity index (χ2n) is 4.42. The summed E-state index contributed by atoms with van der Waals surface area (Å²) in [4.78, 5) is 2.48. The zero-order valence-corrected chi connectivity index (χ0v) is 12.5. The third-order valence-electron chi connectivity index (χ3n) is 2.94. The summed E-state index contributed by atoms with van der Waals surface area (Å²) in [5.74, 6) is 1.19. The van der Waals surface area contributed by atoms with E-state index in [2.05, 4.69) is 53.7 Å². The maximum Gasteiger partial charge on any atom is 0.0366 e. The number of anilines is 1. The van der Waals surface area contributed by atoms with Crippen molar-refractivity contribution >= 4 is 17.4 Å². The molecule has 1 aromatic rings. The van der Waals surface area contributed by atoms with E-state index in [0.717, 1.165) is 26.2 Å². The number of nitrogens with one attached hydrogen (secondary N) is 1. The molecule has 1 rings (SSSR count). The Morgan fingerprint density at radius 3 is 2.56 bits per heavy atom. The highest BCUT2D eigenvalue weighted by Gasteiger charge is 2.04. The van der Waals surface area contributed by atoms with Crippen molar-refractivity contribution in [3.05, 3.63) is 30.3 Å². The molecule has 0 fully saturated rings. The third kappa shape index (κ3) is 6.31. The number of para-hydroxylation sites is 1. The van der Waals surface area contributed by atoms with E-state index in [4.69, 9.17) is 0 Å². The molecule has 0 aliphatic carbocycles. The average Bonchev–Trinajstić information content (AvgIpc) is 2.43. The number of benzene rings is 1. The molecule has 0 heterocycles. The second-order valence-corrected chi connectivity index (χ2v) is 5.40. The summed E-state index contributed by atoms with van der Waals surface area (Å²) in [5, 5.41) is 3.50. The standard InChI is InChI=1S/C15H26N2S/c1-3-4-12-17(13-10-16-11-14-18-2)15-8-6-5-7-9-15/h5-9,16H,3-4,10-14H2,1-2H3. The molecular formula is C15H26N2S. The van der Waals surface area contributed by atoms with Gasteiger partial charge in [-0.25, -0.2) is 0 Å². The highest BCUT2D eigenvalue weighted by molar-refractivity contribution is 7.98. The monoisotopic (exact) mass is 266 g/mol. The number of nitrogens with zero attached hydrogens (tertiary/aromatic N) is 1. The summed E-state index contributed by atoms with van der Waals surface area (Å²) in [5.41, 5.74) is 1.35. The van der Waals surface area contributed by atoms with Crippen molar-refractivity contribution in [2.24, 2.45) is 0 Å². The first-order chi connectivity index (χ1) is 8.88. The average molecular weight is 266 g/mol. The molecular weight excluding hydrogens is 240 g/mol. The van der Waals surface area contributed by atoms with Crippen LogP contribution in [0, 0.1) is 0 Å². The minimum absolute atomic E-state index is 1.07. The summed E-state index contributed by atoms with van der Waals surface area (Å²) in [6.07, 6.45) is 4.67. The molecule has 0 unspecified atom stereocenters. The number of hydrogen-bond donors (Lipinski definition) is 1. The van der Waals surface area contributed by atoms with E-state index in [-0.39, 0.29) is 0 Å². The molecule has 0 aliphatic heterocycles. The lowest BCUT2D eigenvalue weighted by atomic mass is 10.2. The largest absolute Gasteiger partial charge is 0.370 e. The molecule has 0 aliphatic rings. The van der Waals surface area contributed by atoms with Gasteiger partial charge in [-0.05, 0) is 24.8 Å². The molecule has 0 radical (unpaired) electrons. The van der Waals surface area contributed by atoms with Gasteiger partial charge in [-0.2, -0.15) is 11.8 Å². The number of thioether (sulfide) groups is 1. The van der Waals surface area contributed by atoms with Gasteiger partial charge in [0.2, 0.25) is 0 Å². The smallest absolute Gasteiger partial charge is 0.0366 e. The summed E-state index contributed by atoms with van der Waals surface area (Å²) in [6.45, 7) is 6.68. The van der Waals surface area contributed by atoms with E-state index in [0.29, 0.717) is 0 Å². The predicted octanol–water partition coefficient (Wildman–Crippen LogP) is 3.25. The van der Waals surface area contributed by atoms with Crippen molar-refractivity contribution in [1.82, 2.24) is 5.32 Å². The van der Waals surface area contributed by atoms with Crippen LogP contribution >= 0.6 is 11.8 Å². The predicted molar refractivity (Wildman–Crippen MR) is 84.8 cm³/mol. The van der Waals surface area contributed by atoms with Crippen molar-refractivity contribution in [3.63, 3.8) is 0 Å². The quantitative estimate of drug-likeness (QED) is 0.655. The van der Waals surface area contributed by atoms with E-state index in [1.165, 1.54) is 24.3 Å². The summed E-state index contributed by atoms with van der Waals surface area (Å²) < 4.78 is 0. The van der Waals surface area contributed by atoms with Gasteiger partial charge in [0.05, 0.1) is 0 Å². The Hall–Kier alpha value is -0.670. The number of unbranched alkanes of at least 4 members (excludes halogenated alkanes) is 1. The Balaban J connectivity index is 2.36. The van der Waals surface area contributed by atoms with Crippen molar-refractivity contribution in [2.45, 2.75) is 19.8 Å². The molecule has 2 nitrogen and oxygen atoms in total. The van der Waals surface area contributed by atoms with E-state index in [9.17, 15) is 0 Å². The number of rotatable bonds is 10. The van der Waals surface area contributed by atoms with Gasteiger partial charge in [0.25, 0.3) is 0 Å². The van der Waals surface area contributed by atoms with Crippen LogP contribution in [0.15, 0.2) is 30.3 Å². The van der Waals surface area contributed by atoms with Crippen LogP contribution in [0.4, 0.5) is 5.69 Å². The summed E-state index contributed by atoms with van der Waals surface area (Å²) in [7, 11) is 0. The Kier molecular flexibility index (Phi) is 8.78. The van der Waals surface area contributed by atoms with E-state index < -0.39 is 0 Å². The van der Waals surface area contributed by atoms with Crippen LogP contribution in [0.25, 0.3) is 0 Å². The maximum atomic E-state index is 3.50. The highest BCUT2D eigenvalue weighted by Crippen LogP contribution is 2.13. The van der Waals surface area contributed by atoms with Gasteiger partial charge in [-0.3, -0.25) is 0 Å². The van der Waals surface area contributed by atoms with Crippen LogP contribution in [0.5, 0.6) is 0 Å². The maximum absolute atomic E-state index is 3.50. The van der Waals surface area contributed by atoms with Gasteiger partial charge < -0.3 is 10.2 Å². The highest BCUT2D eigenvalue weighted by atomic mass is 32.2. The molecule has 0 saturated heterocycles. The molecule has 0 saturated carbocycles. The van der Waals surface area contributed by atoms with Crippen LogP contribution < -0.4 is 10.2 Å². The molecule has 18 heavy (non-hydrogen) atoms. The topological polar surface area (TPSA) is 15.3 Å². The SMILES string of the molecule is CCCCN(CCNCCSC)c1ccccc1. The minimum Gasteiger partial charge on any atom is -0.370 e. The van der Waals surface area contributed by atoms with Gasteiger partial charge >= 0.3 is 0 Å². The molecule has 3 heteroatoms. The fraction of sp³-hybridized carbons (Fsp3) is 0.600. The van der Waals surface area contributed by atoms with Gasteiger partial charge in [0.15, 0.2) is 0 Å². The minimum atomic E-state index is 1.07. The molecule has 0 atom stereocenters. The molecule has 1 aromatic carbocycles. The molecule has 0 amide bonds. The normalized spacial score (nSPS) is 10.6. The lowest BCUT2D eigenvalue weighted by Gasteiger charge is -2.25. The Morgan fingerprint density at radius 2 is 1.89 bits per heavy atom. The Bertz CT molecular complexity index is 290. The van der Waals surface area contributed by atoms with E-state index in [1.807, 2.05) is 11.8 Å². The molecule has 0 aromatic heterocycles. The molecule has 1 N–H and O–H groups in total. The van der Waals surface area contributed by atoms with Crippen LogP contribution in [0.3, 0.4) is 0 Å². The molecule has 0 spiro atoms. The lowest BCUT2D eigenvalue weighted by molar-refractivity contribution is 0.660. The van der Waals surface area contributed by atoms with Crippen LogP contribution in [0.1, 0.15) is 19.8 Å². The molecule has 0 bridgehead atoms. The lowest BCUT2D eigenvalue weighted by Crippen LogP contribution is -2.33. The van der Waals surface area contributed by atoms with Crippen LogP contribution in [0.2, 0.25) is 0 Å². The van der Waals surface area contributed by atoms with E-state index >= 15 is 0 Å². The summed E-state index contributed by atoms with van der Waals surface area (Å²) in [6, 6.07) is 10.7. The van der Waals surface area contributed by atoms with Gasteiger partial charge in [0, 0.05) is 37.6 Å². The van der Waals surface area contributed by atoms with Crippen molar-refractivity contribution in [2.75, 3.05) is 43.1 Å². The summed E-state index contributed by atoms with van der Waals surface area (Å²) >= 11 is 1.89. The van der Waals surface area contributed by atoms with Gasteiger partial charge in [-0.1, -0.05) is 31.5 Å². The van der Waals surface area contributed by atoms with Crippen LogP contribution in [-0.2, 0) is 0 Å². The van der Waals surface area contributed by atoms with Gasteiger partial charge in [0.1, 0.15) is 0 Å². The first kappa shape index (κ1) is 15.4.